The molecule has 0 radical (unpaired) electrons. The van der Waals surface area contributed by atoms with Gasteiger partial charge < -0.3 is 10.1 Å². The molecule has 0 bridgehead atoms. The van der Waals surface area contributed by atoms with Crippen LogP contribution in [0.3, 0.4) is 0 Å². The number of rotatable bonds is 6. The maximum Gasteiger partial charge on any atom is 0.210 e. The molecular formula is C17H16ClN3OS2. The highest BCUT2D eigenvalue weighted by atomic mass is 35.5. The van der Waals surface area contributed by atoms with Gasteiger partial charge in [0.2, 0.25) is 5.13 Å². The Morgan fingerprint density at radius 2 is 1.88 bits per heavy atom. The highest BCUT2D eigenvalue weighted by molar-refractivity contribution is 8.01. The lowest BCUT2D eigenvalue weighted by Crippen LogP contribution is -1.93. The van der Waals surface area contributed by atoms with Gasteiger partial charge in [-0.3, -0.25) is 0 Å². The lowest BCUT2D eigenvalue weighted by atomic mass is 10.2. The van der Waals surface area contributed by atoms with E-state index in [4.69, 9.17) is 16.3 Å². The van der Waals surface area contributed by atoms with Gasteiger partial charge in [-0.2, -0.15) is 0 Å². The molecule has 0 fully saturated rings. The predicted octanol–water partition coefficient (Wildman–Crippen LogP) is 5.80. The minimum Gasteiger partial charge on any atom is -0.495 e. The molecule has 3 aromatic rings. The molecule has 1 heterocycles. The Hall–Kier alpha value is -1.76. The lowest BCUT2D eigenvalue weighted by Gasteiger charge is -2.10. The first-order valence-electron chi connectivity index (χ1n) is 7.32. The van der Waals surface area contributed by atoms with Crippen LogP contribution in [0, 0.1) is 0 Å². The molecular weight excluding hydrogens is 362 g/mol. The smallest absolute Gasteiger partial charge is 0.210 e. The molecule has 24 heavy (non-hydrogen) atoms. The van der Waals surface area contributed by atoms with Crippen LogP contribution in [0.2, 0.25) is 5.02 Å². The monoisotopic (exact) mass is 377 g/mol. The zero-order chi connectivity index (χ0) is 16.9. The fourth-order valence-electron chi connectivity index (χ4n) is 2.19. The summed E-state index contributed by atoms with van der Waals surface area (Å²) in [6.45, 7) is 2.11. The number of para-hydroxylation sites is 2. The van der Waals surface area contributed by atoms with Crippen molar-refractivity contribution in [1.82, 2.24) is 10.2 Å². The second-order valence-electron chi connectivity index (χ2n) is 4.98. The zero-order valence-corrected chi connectivity index (χ0v) is 15.6. The van der Waals surface area contributed by atoms with Crippen molar-refractivity contribution < 1.29 is 4.74 Å². The minimum absolute atomic E-state index is 0.200. The molecule has 4 nitrogen and oxygen atoms in total. The van der Waals surface area contributed by atoms with E-state index in [1.165, 1.54) is 11.3 Å². The number of hydrogen-bond acceptors (Lipinski definition) is 6. The van der Waals surface area contributed by atoms with E-state index < -0.39 is 0 Å². The zero-order valence-electron chi connectivity index (χ0n) is 13.2. The van der Waals surface area contributed by atoms with Crippen molar-refractivity contribution in [2.75, 3.05) is 12.4 Å². The first-order valence-corrected chi connectivity index (χ1v) is 9.39. The van der Waals surface area contributed by atoms with Crippen LogP contribution in [-0.2, 0) is 0 Å². The van der Waals surface area contributed by atoms with Gasteiger partial charge in [-0.05, 0) is 30.7 Å². The second kappa shape index (κ2) is 7.88. The van der Waals surface area contributed by atoms with Crippen LogP contribution in [0.4, 0.5) is 10.8 Å². The SMILES string of the molecule is COc1ccccc1Nc1nnc(S[C@H](C)c2ccccc2Cl)s1. The molecule has 124 valence electrons. The Kier molecular flexibility index (Phi) is 5.60. The summed E-state index contributed by atoms with van der Waals surface area (Å²) in [5, 5.41) is 13.4. The Labute approximate surface area is 154 Å². The van der Waals surface area contributed by atoms with Gasteiger partial charge in [0.1, 0.15) is 5.75 Å². The van der Waals surface area contributed by atoms with Crippen LogP contribution in [0.15, 0.2) is 52.9 Å². The fraction of sp³-hybridized carbons (Fsp3) is 0.176. The number of halogens is 1. The van der Waals surface area contributed by atoms with Gasteiger partial charge in [0.15, 0.2) is 4.34 Å². The number of thioether (sulfide) groups is 1. The van der Waals surface area contributed by atoms with Gasteiger partial charge in [-0.1, -0.05) is 65.0 Å². The summed E-state index contributed by atoms with van der Waals surface area (Å²) >= 11 is 9.41. The number of benzene rings is 2. The number of methoxy groups -OCH3 is 1. The Morgan fingerprint density at radius 1 is 1.12 bits per heavy atom. The number of nitrogens with one attached hydrogen (secondary N) is 1. The number of nitrogens with zero attached hydrogens (tertiary/aromatic N) is 2. The molecule has 0 unspecified atom stereocenters. The summed E-state index contributed by atoms with van der Waals surface area (Å²) in [4.78, 5) is 0. The molecule has 0 aliphatic heterocycles. The quantitative estimate of drug-likeness (QED) is 0.550. The third-order valence-electron chi connectivity index (χ3n) is 3.38. The Balaban J connectivity index is 1.71. The van der Waals surface area contributed by atoms with Crippen molar-refractivity contribution in [2.45, 2.75) is 16.5 Å². The third-order valence-corrected chi connectivity index (χ3v) is 5.78. The Bertz CT molecular complexity index is 825. The molecule has 0 aliphatic carbocycles. The van der Waals surface area contributed by atoms with E-state index in [-0.39, 0.29) is 5.25 Å². The summed E-state index contributed by atoms with van der Waals surface area (Å²) in [6.07, 6.45) is 0. The largest absolute Gasteiger partial charge is 0.495 e. The number of hydrogen-bond donors (Lipinski definition) is 1. The average Bonchev–Trinajstić information content (AvgIpc) is 3.02. The summed E-state index contributed by atoms with van der Waals surface area (Å²) < 4.78 is 6.22. The van der Waals surface area contributed by atoms with E-state index in [1.54, 1.807) is 18.9 Å². The molecule has 0 aliphatic rings. The topological polar surface area (TPSA) is 47.0 Å². The lowest BCUT2D eigenvalue weighted by molar-refractivity contribution is 0.417. The Morgan fingerprint density at radius 3 is 2.67 bits per heavy atom. The van der Waals surface area contributed by atoms with Crippen LogP contribution >= 0.6 is 34.7 Å². The molecule has 0 amide bonds. The molecule has 1 aromatic heterocycles. The molecule has 1 atom stereocenters. The number of anilines is 2. The summed E-state index contributed by atoms with van der Waals surface area (Å²) in [7, 11) is 1.65. The van der Waals surface area contributed by atoms with E-state index >= 15 is 0 Å². The van der Waals surface area contributed by atoms with E-state index in [9.17, 15) is 0 Å². The van der Waals surface area contributed by atoms with Gasteiger partial charge in [0.25, 0.3) is 0 Å². The predicted molar refractivity (Wildman–Crippen MR) is 102 cm³/mol. The molecule has 0 saturated heterocycles. The van der Waals surface area contributed by atoms with E-state index in [2.05, 4.69) is 22.4 Å². The van der Waals surface area contributed by atoms with Crippen molar-refractivity contribution in [3.05, 3.63) is 59.1 Å². The molecule has 7 heteroatoms. The van der Waals surface area contributed by atoms with Gasteiger partial charge >= 0.3 is 0 Å². The van der Waals surface area contributed by atoms with Crippen molar-refractivity contribution in [3.63, 3.8) is 0 Å². The van der Waals surface area contributed by atoms with Gasteiger partial charge in [0.05, 0.1) is 12.8 Å². The molecule has 1 N–H and O–H groups in total. The van der Waals surface area contributed by atoms with Crippen LogP contribution in [0.25, 0.3) is 0 Å². The second-order valence-corrected chi connectivity index (χ2v) is 7.95. The summed E-state index contributed by atoms with van der Waals surface area (Å²) in [6, 6.07) is 15.6. The fourth-order valence-corrected chi connectivity index (χ4v) is 4.63. The summed E-state index contributed by atoms with van der Waals surface area (Å²) in [5.74, 6) is 0.770. The van der Waals surface area contributed by atoms with Gasteiger partial charge in [-0.15, -0.1) is 10.2 Å². The maximum absolute atomic E-state index is 6.26. The van der Waals surface area contributed by atoms with E-state index in [0.717, 1.165) is 31.5 Å². The van der Waals surface area contributed by atoms with Crippen molar-refractivity contribution in [3.8, 4) is 5.75 Å². The highest BCUT2D eigenvalue weighted by Crippen LogP contribution is 2.40. The number of ether oxygens (including phenoxy) is 1. The average molecular weight is 378 g/mol. The number of aromatic nitrogens is 2. The van der Waals surface area contributed by atoms with E-state index in [0.29, 0.717) is 0 Å². The van der Waals surface area contributed by atoms with Crippen molar-refractivity contribution >= 4 is 45.5 Å². The van der Waals surface area contributed by atoms with Crippen LogP contribution in [0.1, 0.15) is 17.7 Å². The van der Waals surface area contributed by atoms with Crippen LogP contribution in [0.5, 0.6) is 5.75 Å². The molecule has 0 saturated carbocycles. The summed E-state index contributed by atoms with van der Waals surface area (Å²) in [5.41, 5.74) is 1.96. The highest BCUT2D eigenvalue weighted by Gasteiger charge is 2.14. The van der Waals surface area contributed by atoms with Gasteiger partial charge in [0, 0.05) is 10.3 Å². The normalized spacial score (nSPS) is 12.0. The first kappa shape index (κ1) is 17.1. The molecule has 0 spiro atoms. The first-order chi connectivity index (χ1) is 11.7. The third kappa shape index (κ3) is 4.01. The standard InChI is InChI=1S/C17H16ClN3OS2/c1-11(12-7-3-4-8-13(12)18)23-17-21-20-16(24-17)19-14-9-5-6-10-15(14)22-2/h3-11H,1-2H3,(H,19,20)/t11-/m1/s1. The minimum atomic E-state index is 0.200. The van der Waals surface area contributed by atoms with Crippen molar-refractivity contribution in [1.29, 1.82) is 0 Å². The van der Waals surface area contributed by atoms with E-state index in [1.807, 2.05) is 48.5 Å². The van der Waals surface area contributed by atoms with Crippen LogP contribution in [-0.4, -0.2) is 17.3 Å². The van der Waals surface area contributed by atoms with Crippen molar-refractivity contribution in [2.24, 2.45) is 0 Å². The van der Waals surface area contributed by atoms with Gasteiger partial charge in [-0.25, -0.2) is 0 Å². The molecule has 3 rings (SSSR count). The maximum atomic E-state index is 6.26. The molecule has 2 aromatic carbocycles. The van der Waals surface area contributed by atoms with Crippen LogP contribution < -0.4 is 10.1 Å².